The summed E-state index contributed by atoms with van der Waals surface area (Å²) in [7, 11) is 0. The third-order valence-electron chi connectivity index (χ3n) is 5.91. The van der Waals surface area contributed by atoms with Crippen LogP contribution in [0.1, 0.15) is 32.0 Å². The minimum atomic E-state index is -0.905. The second kappa shape index (κ2) is 12.0. The fraction of sp³-hybridized carbons (Fsp3) is 0.357. The monoisotopic (exact) mass is 509 g/mol. The molecular formula is C28H36FN5O3. The molecule has 0 saturated carbocycles. The molecule has 0 saturated heterocycles. The second-order valence-electron chi connectivity index (χ2n) is 10.1. The highest BCUT2D eigenvalue weighted by molar-refractivity contribution is 5.91. The van der Waals surface area contributed by atoms with Crippen LogP contribution in [0.5, 0.6) is 0 Å². The third kappa shape index (κ3) is 7.41. The number of fused-ring (bicyclic) bond motifs is 1. The van der Waals surface area contributed by atoms with Crippen molar-refractivity contribution in [1.29, 1.82) is 0 Å². The summed E-state index contributed by atoms with van der Waals surface area (Å²) in [6.45, 7) is 14.3. The lowest BCUT2D eigenvalue weighted by Gasteiger charge is -2.31. The van der Waals surface area contributed by atoms with Crippen LogP contribution in [0, 0.1) is 11.2 Å². The number of carbonyl (C=O) groups excluding carboxylic acids is 1. The average Bonchev–Trinajstić information content (AvgIpc) is 3.23. The molecule has 1 heterocycles. The molecule has 0 aliphatic rings. The largest absolute Gasteiger partial charge is 0.394 e. The molecule has 0 aliphatic carbocycles. The van der Waals surface area contributed by atoms with Gasteiger partial charge in [-0.05, 0) is 29.2 Å². The SMILES string of the molecule is C=C(CNC(=O)C(NC(=C)c1nn(Cc2ccc(F)cc2)c2ccccc12)C(C)(C)C)NCC(O)CO. The van der Waals surface area contributed by atoms with Gasteiger partial charge in [0.05, 0.1) is 37.0 Å². The number of aliphatic hydroxyl groups is 2. The lowest BCUT2D eigenvalue weighted by atomic mass is 9.85. The van der Waals surface area contributed by atoms with Crippen LogP contribution in [0.15, 0.2) is 67.4 Å². The summed E-state index contributed by atoms with van der Waals surface area (Å²) in [4.78, 5) is 13.2. The van der Waals surface area contributed by atoms with Gasteiger partial charge >= 0.3 is 0 Å². The molecule has 1 aromatic heterocycles. The number of rotatable bonds is 12. The highest BCUT2D eigenvalue weighted by Gasteiger charge is 2.32. The molecule has 0 aliphatic heterocycles. The van der Waals surface area contributed by atoms with Crippen LogP contribution in [-0.4, -0.2) is 57.7 Å². The van der Waals surface area contributed by atoms with E-state index in [-0.39, 0.29) is 31.4 Å². The van der Waals surface area contributed by atoms with Gasteiger partial charge in [-0.1, -0.05) is 64.3 Å². The lowest BCUT2D eigenvalue weighted by molar-refractivity contribution is -0.125. The van der Waals surface area contributed by atoms with Crippen molar-refractivity contribution >= 4 is 22.5 Å². The number of aliphatic hydroxyl groups excluding tert-OH is 2. The average molecular weight is 510 g/mol. The fourth-order valence-corrected chi connectivity index (χ4v) is 3.84. The second-order valence-corrected chi connectivity index (χ2v) is 10.1. The summed E-state index contributed by atoms with van der Waals surface area (Å²) in [5.74, 6) is -0.532. The van der Waals surface area contributed by atoms with E-state index in [9.17, 15) is 14.3 Å². The van der Waals surface area contributed by atoms with E-state index in [1.165, 1.54) is 12.1 Å². The number of hydrogen-bond acceptors (Lipinski definition) is 6. The van der Waals surface area contributed by atoms with Crippen LogP contribution in [0.2, 0.25) is 0 Å². The van der Waals surface area contributed by atoms with E-state index in [2.05, 4.69) is 29.1 Å². The van der Waals surface area contributed by atoms with E-state index in [1.807, 2.05) is 49.7 Å². The van der Waals surface area contributed by atoms with Crippen molar-refractivity contribution in [3.05, 3.63) is 84.5 Å². The van der Waals surface area contributed by atoms with Gasteiger partial charge in [-0.2, -0.15) is 5.10 Å². The van der Waals surface area contributed by atoms with E-state index < -0.39 is 17.6 Å². The zero-order valence-corrected chi connectivity index (χ0v) is 21.6. The molecule has 5 N–H and O–H groups in total. The molecule has 3 aromatic rings. The maximum atomic E-state index is 13.4. The fourth-order valence-electron chi connectivity index (χ4n) is 3.84. The zero-order valence-electron chi connectivity index (χ0n) is 21.6. The Morgan fingerprint density at radius 3 is 2.43 bits per heavy atom. The number of carbonyl (C=O) groups is 1. The van der Waals surface area contributed by atoms with Crippen LogP contribution in [0.3, 0.4) is 0 Å². The van der Waals surface area contributed by atoms with Gasteiger partial charge in [0.1, 0.15) is 17.6 Å². The Morgan fingerprint density at radius 2 is 1.78 bits per heavy atom. The number of benzene rings is 2. The van der Waals surface area contributed by atoms with Crippen LogP contribution in [0.25, 0.3) is 16.6 Å². The molecule has 2 aromatic carbocycles. The first kappa shape index (κ1) is 27.9. The summed E-state index contributed by atoms with van der Waals surface area (Å²) in [6.07, 6.45) is -0.905. The number of hydrogen-bond donors (Lipinski definition) is 5. The Labute approximate surface area is 216 Å². The number of nitrogens with one attached hydrogen (secondary N) is 3. The van der Waals surface area contributed by atoms with Gasteiger partial charge in [-0.25, -0.2) is 4.39 Å². The van der Waals surface area contributed by atoms with Gasteiger partial charge in [0.25, 0.3) is 0 Å². The smallest absolute Gasteiger partial charge is 0.243 e. The molecule has 9 heteroatoms. The summed E-state index contributed by atoms with van der Waals surface area (Å²) in [5.41, 5.74) is 3.00. The summed E-state index contributed by atoms with van der Waals surface area (Å²) >= 11 is 0. The molecule has 0 fully saturated rings. The van der Waals surface area contributed by atoms with Gasteiger partial charge in [-0.15, -0.1) is 0 Å². The standard InChI is InChI=1S/C28H36FN5O3/c1-18(30-15-22(36)17-35)14-31-27(37)26(28(3,4)5)32-19(2)25-23-8-6-7-9-24(23)34(33-25)16-20-10-12-21(29)13-11-20/h6-13,22,26,30,32,35-36H,1-2,14-17H2,3-5H3,(H,31,37). The molecular weight excluding hydrogens is 473 g/mol. The quantitative estimate of drug-likeness (QED) is 0.257. The number of halogens is 1. The number of para-hydroxylation sites is 1. The van der Waals surface area contributed by atoms with Gasteiger partial charge in [0, 0.05) is 17.6 Å². The highest BCUT2D eigenvalue weighted by Crippen LogP contribution is 2.27. The van der Waals surface area contributed by atoms with E-state index in [4.69, 9.17) is 10.2 Å². The Balaban J connectivity index is 1.76. The van der Waals surface area contributed by atoms with Crippen LogP contribution in [-0.2, 0) is 11.3 Å². The predicted octanol–water partition coefficient (Wildman–Crippen LogP) is 2.77. The van der Waals surface area contributed by atoms with Crippen molar-refractivity contribution in [3.8, 4) is 0 Å². The predicted molar refractivity (Wildman–Crippen MR) is 144 cm³/mol. The maximum Gasteiger partial charge on any atom is 0.243 e. The van der Waals surface area contributed by atoms with Crippen molar-refractivity contribution in [2.24, 2.45) is 5.41 Å². The summed E-state index contributed by atoms with van der Waals surface area (Å²) in [6, 6.07) is 13.4. The molecule has 0 radical (unpaired) electrons. The number of nitrogens with zero attached hydrogens (tertiary/aromatic N) is 2. The van der Waals surface area contributed by atoms with Gasteiger partial charge in [0.2, 0.25) is 5.91 Å². The molecule has 8 nitrogen and oxygen atoms in total. The van der Waals surface area contributed by atoms with Crippen LogP contribution >= 0.6 is 0 Å². The van der Waals surface area contributed by atoms with Crippen LogP contribution < -0.4 is 16.0 Å². The van der Waals surface area contributed by atoms with Crippen LogP contribution in [0.4, 0.5) is 4.39 Å². The first-order valence-electron chi connectivity index (χ1n) is 12.1. The minimum Gasteiger partial charge on any atom is -0.394 e. The van der Waals surface area contributed by atoms with Crippen molar-refractivity contribution in [3.63, 3.8) is 0 Å². The first-order valence-corrected chi connectivity index (χ1v) is 12.1. The molecule has 2 unspecified atom stereocenters. The molecule has 37 heavy (non-hydrogen) atoms. The Morgan fingerprint density at radius 1 is 1.11 bits per heavy atom. The Bertz CT molecular complexity index is 1250. The lowest BCUT2D eigenvalue weighted by Crippen LogP contribution is -2.51. The van der Waals surface area contributed by atoms with E-state index in [0.29, 0.717) is 23.6 Å². The zero-order chi connectivity index (χ0) is 27.2. The first-order chi connectivity index (χ1) is 17.5. The molecule has 0 spiro atoms. The molecule has 198 valence electrons. The van der Waals surface area contributed by atoms with Crippen molar-refractivity contribution in [2.75, 3.05) is 19.7 Å². The van der Waals surface area contributed by atoms with Gasteiger partial charge in [-0.3, -0.25) is 9.48 Å². The molecule has 1 amide bonds. The Hall–Kier alpha value is -3.69. The Kier molecular flexibility index (Phi) is 9.07. The van der Waals surface area contributed by atoms with Gasteiger partial charge in [0.15, 0.2) is 0 Å². The van der Waals surface area contributed by atoms with Crippen molar-refractivity contribution in [1.82, 2.24) is 25.7 Å². The highest BCUT2D eigenvalue weighted by atomic mass is 19.1. The molecule has 2 atom stereocenters. The van der Waals surface area contributed by atoms with E-state index >= 15 is 0 Å². The topological polar surface area (TPSA) is 111 Å². The molecule has 3 rings (SSSR count). The number of amides is 1. The molecule has 0 bridgehead atoms. The summed E-state index contributed by atoms with van der Waals surface area (Å²) in [5, 5.41) is 33.1. The normalized spacial score (nSPS) is 13.1. The maximum absolute atomic E-state index is 13.4. The third-order valence-corrected chi connectivity index (χ3v) is 5.91. The van der Waals surface area contributed by atoms with Crippen molar-refractivity contribution < 1.29 is 19.4 Å². The number of aromatic nitrogens is 2. The van der Waals surface area contributed by atoms with Gasteiger partial charge < -0.3 is 26.2 Å². The van der Waals surface area contributed by atoms with Crippen molar-refractivity contribution in [2.45, 2.75) is 39.5 Å². The van der Waals surface area contributed by atoms with E-state index in [1.54, 1.807) is 12.1 Å². The summed E-state index contributed by atoms with van der Waals surface area (Å²) < 4.78 is 15.2. The minimum absolute atomic E-state index is 0.136. The van der Waals surface area contributed by atoms with E-state index in [0.717, 1.165) is 16.5 Å².